The summed E-state index contributed by atoms with van der Waals surface area (Å²) in [6.45, 7) is 7.71. The number of hydrogen-bond acceptors (Lipinski definition) is 4. The van der Waals surface area contributed by atoms with E-state index in [-0.39, 0.29) is 28.7 Å². The van der Waals surface area contributed by atoms with Gasteiger partial charge in [-0.25, -0.2) is 0 Å². The fourth-order valence-corrected chi connectivity index (χ4v) is 7.38. The van der Waals surface area contributed by atoms with Gasteiger partial charge in [0.1, 0.15) is 12.2 Å². The molecule has 0 heterocycles. The van der Waals surface area contributed by atoms with Crippen LogP contribution in [0.5, 0.6) is 0 Å². The van der Waals surface area contributed by atoms with Crippen molar-refractivity contribution in [2.75, 3.05) is 0 Å². The Kier molecular flexibility index (Phi) is 5.95. The van der Waals surface area contributed by atoms with Crippen molar-refractivity contribution in [3.63, 3.8) is 0 Å². The quantitative estimate of drug-likeness (QED) is 0.305. The minimum atomic E-state index is -0.342. The van der Waals surface area contributed by atoms with E-state index in [2.05, 4.69) is 44.0 Å². The van der Waals surface area contributed by atoms with E-state index in [4.69, 9.17) is 9.47 Å². The maximum Gasteiger partial charge on any atom is 0.316 e. The van der Waals surface area contributed by atoms with Crippen molar-refractivity contribution in [3.8, 4) is 24.1 Å². The van der Waals surface area contributed by atoms with Crippen LogP contribution in [-0.4, -0.2) is 11.9 Å². The van der Waals surface area contributed by atoms with Crippen molar-refractivity contribution >= 4 is 11.9 Å². The SMILES string of the molecule is CC(=O)OC#CC1CC[C@@]2(C)C(=CC[C@@H]3[C@H]2CC[C@]2(C)C(C#COC(C)=O)CC[C@@H]32)C1. The maximum atomic E-state index is 11.1. The molecule has 3 saturated carbocycles. The van der Waals surface area contributed by atoms with Crippen LogP contribution in [0, 0.1) is 64.5 Å². The van der Waals surface area contributed by atoms with Gasteiger partial charge in [0, 0.05) is 25.7 Å². The monoisotopic (exact) mass is 422 g/mol. The number of carbonyl (C=O) groups is 2. The summed E-state index contributed by atoms with van der Waals surface area (Å²) in [6, 6.07) is 0. The van der Waals surface area contributed by atoms with Crippen molar-refractivity contribution in [2.45, 2.75) is 79.1 Å². The lowest BCUT2D eigenvalue weighted by atomic mass is 9.47. The van der Waals surface area contributed by atoms with Crippen LogP contribution >= 0.6 is 0 Å². The Morgan fingerprint density at radius 1 is 0.935 bits per heavy atom. The van der Waals surface area contributed by atoms with Crippen LogP contribution in [0.1, 0.15) is 79.1 Å². The van der Waals surface area contributed by atoms with Gasteiger partial charge < -0.3 is 9.47 Å². The average molecular weight is 423 g/mol. The lowest BCUT2D eigenvalue weighted by Gasteiger charge is -2.57. The highest BCUT2D eigenvalue weighted by Gasteiger charge is 2.58. The summed E-state index contributed by atoms with van der Waals surface area (Å²) in [6.07, 6.45) is 17.0. The zero-order chi connectivity index (χ0) is 22.2. The molecule has 0 aliphatic heterocycles. The molecule has 4 nitrogen and oxygen atoms in total. The molecular formula is C27H34O4. The maximum absolute atomic E-state index is 11.1. The molecule has 7 atom stereocenters. The summed E-state index contributed by atoms with van der Waals surface area (Å²) in [4.78, 5) is 22.1. The minimum absolute atomic E-state index is 0.225. The first-order valence-electron chi connectivity index (χ1n) is 11.8. The molecule has 166 valence electrons. The van der Waals surface area contributed by atoms with E-state index in [0.717, 1.165) is 37.5 Å². The molecule has 0 aromatic rings. The normalized spacial score (nSPS) is 40.4. The number of hydrogen-bond donors (Lipinski definition) is 0. The molecule has 0 spiro atoms. The first-order chi connectivity index (χ1) is 14.7. The summed E-state index contributed by atoms with van der Waals surface area (Å²) in [5.41, 5.74) is 2.07. The molecule has 3 fully saturated rings. The summed E-state index contributed by atoms with van der Waals surface area (Å²) >= 11 is 0. The third-order valence-corrected chi connectivity index (χ3v) is 8.99. The Morgan fingerprint density at radius 3 is 2.35 bits per heavy atom. The van der Waals surface area contributed by atoms with Gasteiger partial charge in [-0.15, -0.1) is 0 Å². The van der Waals surface area contributed by atoms with Gasteiger partial charge >= 0.3 is 11.9 Å². The number of rotatable bonds is 0. The molecule has 0 radical (unpaired) electrons. The molecule has 31 heavy (non-hydrogen) atoms. The molecular weight excluding hydrogens is 388 g/mol. The fourth-order valence-electron chi connectivity index (χ4n) is 7.38. The summed E-state index contributed by atoms with van der Waals surface area (Å²) in [5, 5.41) is 0. The summed E-state index contributed by atoms with van der Waals surface area (Å²) in [7, 11) is 0. The van der Waals surface area contributed by atoms with Crippen LogP contribution in [-0.2, 0) is 19.1 Å². The van der Waals surface area contributed by atoms with Crippen LogP contribution in [0.2, 0.25) is 0 Å². The molecule has 4 aliphatic rings. The third-order valence-electron chi connectivity index (χ3n) is 8.99. The Bertz CT molecular complexity index is 909. The van der Waals surface area contributed by atoms with E-state index in [0.29, 0.717) is 11.8 Å². The molecule has 0 bridgehead atoms. The van der Waals surface area contributed by atoms with E-state index in [1.54, 1.807) is 5.57 Å². The van der Waals surface area contributed by atoms with Crippen molar-refractivity contribution in [1.82, 2.24) is 0 Å². The van der Waals surface area contributed by atoms with Crippen molar-refractivity contribution in [1.29, 1.82) is 0 Å². The Labute approximate surface area is 186 Å². The van der Waals surface area contributed by atoms with Crippen LogP contribution in [0.25, 0.3) is 0 Å². The second-order valence-corrected chi connectivity index (χ2v) is 10.6. The number of fused-ring (bicyclic) bond motifs is 5. The predicted octanol–water partition coefficient (Wildman–Crippen LogP) is 5.23. The van der Waals surface area contributed by atoms with Gasteiger partial charge in [0.2, 0.25) is 0 Å². The van der Waals surface area contributed by atoms with Crippen molar-refractivity contribution in [2.24, 2.45) is 40.4 Å². The minimum Gasteiger partial charge on any atom is -0.372 e. The number of allylic oxidation sites excluding steroid dienone is 2. The molecule has 0 amide bonds. The number of carbonyl (C=O) groups excluding carboxylic acids is 2. The second-order valence-electron chi connectivity index (χ2n) is 10.6. The van der Waals surface area contributed by atoms with Crippen LogP contribution in [0.15, 0.2) is 11.6 Å². The van der Waals surface area contributed by atoms with E-state index >= 15 is 0 Å². The molecule has 4 aliphatic carbocycles. The molecule has 4 heteroatoms. The van der Waals surface area contributed by atoms with Crippen LogP contribution < -0.4 is 0 Å². The fraction of sp³-hybridized carbons (Fsp3) is 0.704. The van der Waals surface area contributed by atoms with E-state index in [1.807, 2.05) is 0 Å². The molecule has 0 N–H and O–H groups in total. The van der Waals surface area contributed by atoms with Gasteiger partial charge in [-0.2, -0.15) is 0 Å². The van der Waals surface area contributed by atoms with Gasteiger partial charge in [-0.1, -0.05) is 37.3 Å². The smallest absolute Gasteiger partial charge is 0.316 e. The van der Waals surface area contributed by atoms with E-state index < -0.39 is 0 Å². The van der Waals surface area contributed by atoms with Gasteiger partial charge in [0.25, 0.3) is 0 Å². The molecule has 0 aromatic heterocycles. The van der Waals surface area contributed by atoms with E-state index in [9.17, 15) is 9.59 Å². The Morgan fingerprint density at radius 2 is 1.65 bits per heavy atom. The topological polar surface area (TPSA) is 52.6 Å². The molecule has 4 rings (SSSR count). The molecule has 0 aromatic carbocycles. The van der Waals surface area contributed by atoms with Gasteiger partial charge in [0.15, 0.2) is 0 Å². The largest absolute Gasteiger partial charge is 0.372 e. The lowest BCUT2D eigenvalue weighted by molar-refractivity contribution is -0.135. The molecule has 0 saturated heterocycles. The number of esters is 2. The highest BCUT2D eigenvalue weighted by molar-refractivity contribution is 5.67. The highest BCUT2D eigenvalue weighted by Crippen LogP contribution is 2.66. The van der Waals surface area contributed by atoms with Gasteiger partial charge in [-0.05, 0) is 80.0 Å². The number of ether oxygens (including phenoxy) is 2. The van der Waals surface area contributed by atoms with Crippen molar-refractivity contribution in [3.05, 3.63) is 11.6 Å². The third kappa shape index (κ3) is 4.03. The van der Waals surface area contributed by atoms with Crippen LogP contribution in [0.4, 0.5) is 0 Å². The zero-order valence-electron chi connectivity index (χ0n) is 19.3. The second kappa shape index (κ2) is 8.38. The standard InChI is InChI=1S/C27H34O4/c1-18(28)30-15-11-20-9-13-27(4)22(17-20)5-7-23-24-8-6-21(12-16-31-19(2)29)26(24,3)14-10-25(23)27/h5,20-21,23-25H,6-10,13-14,17H2,1-4H3/t20?,21?,23-,24-,25+,26+,27-/m0/s1. The summed E-state index contributed by atoms with van der Waals surface area (Å²) < 4.78 is 9.77. The Balaban J connectivity index is 1.50. The zero-order valence-corrected chi connectivity index (χ0v) is 19.3. The van der Waals surface area contributed by atoms with Gasteiger partial charge in [0.05, 0.1) is 0 Å². The Hall–Kier alpha value is -2.20. The highest BCUT2D eigenvalue weighted by atomic mass is 16.5. The average Bonchev–Trinajstić information content (AvgIpc) is 3.04. The van der Waals surface area contributed by atoms with Crippen molar-refractivity contribution < 1.29 is 19.1 Å². The first kappa shape index (κ1) is 22.0. The molecule has 2 unspecified atom stereocenters. The van der Waals surface area contributed by atoms with E-state index in [1.165, 1.54) is 39.5 Å². The first-order valence-corrected chi connectivity index (χ1v) is 11.8. The predicted molar refractivity (Wildman–Crippen MR) is 118 cm³/mol. The summed E-state index contributed by atoms with van der Waals surface area (Å²) in [5.74, 6) is 8.53. The van der Waals surface area contributed by atoms with Gasteiger partial charge in [-0.3, -0.25) is 9.59 Å². The lowest BCUT2D eigenvalue weighted by Crippen LogP contribution is -2.49. The van der Waals surface area contributed by atoms with Crippen LogP contribution in [0.3, 0.4) is 0 Å².